The SMILES string of the molecule is CC(C)(NCC(O)Cn1c(-c2ccccc2)noc1=O)c1cccc(F)c1. The van der Waals surface area contributed by atoms with Gasteiger partial charge in [0.2, 0.25) is 0 Å². The van der Waals surface area contributed by atoms with Crippen LogP contribution in [0.1, 0.15) is 19.4 Å². The third-order valence-corrected chi connectivity index (χ3v) is 4.44. The second kappa shape index (κ2) is 7.85. The summed E-state index contributed by atoms with van der Waals surface area (Å²) >= 11 is 0. The number of nitrogens with zero attached hydrogens (tertiary/aromatic N) is 2. The van der Waals surface area contributed by atoms with E-state index in [-0.39, 0.29) is 18.9 Å². The van der Waals surface area contributed by atoms with E-state index in [2.05, 4.69) is 10.5 Å². The molecule has 0 spiro atoms. The minimum Gasteiger partial charge on any atom is -0.390 e. The number of aliphatic hydroxyl groups is 1. The lowest BCUT2D eigenvalue weighted by atomic mass is 9.94. The summed E-state index contributed by atoms with van der Waals surface area (Å²) in [5.74, 6) is -0.576. The molecule has 1 aromatic heterocycles. The topological polar surface area (TPSA) is 80.3 Å². The highest BCUT2D eigenvalue weighted by molar-refractivity contribution is 5.54. The zero-order valence-corrected chi connectivity index (χ0v) is 15.2. The van der Waals surface area contributed by atoms with E-state index < -0.39 is 17.4 Å². The Morgan fingerprint density at radius 3 is 2.67 bits per heavy atom. The summed E-state index contributed by atoms with van der Waals surface area (Å²) in [6.07, 6.45) is -0.864. The summed E-state index contributed by atoms with van der Waals surface area (Å²) in [5, 5.41) is 17.4. The number of halogens is 1. The third kappa shape index (κ3) is 4.50. The summed E-state index contributed by atoms with van der Waals surface area (Å²) in [6.45, 7) is 4.03. The van der Waals surface area contributed by atoms with Crippen LogP contribution in [0.25, 0.3) is 11.4 Å². The van der Waals surface area contributed by atoms with Gasteiger partial charge >= 0.3 is 5.76 Å². The average molecular weight is 371 g/mol. The fourth-order valence-corrected chi connectivity index (χ4v) is 2.85. The monoisotopic (exact) mass is 371 g/mol. The van der Waals surface area contributed by atoms with Crippen molar-refractivity contribution in [3.63, 3.8) is 0 Å². The quantitative estimate of drug-likeness (QED) is 0.667. The van der Waals surface area contributed by atoms with Crippen LogP contribution < -0.4 is 11.1 Å². The maximum Gasteiger partial charge on any atom is 0.441 e. The molecule has 7 heteroatoms. The minimum atomic E-state index is -0.864. The van der Waals surface area contributed by atoms with Crippen LogP contribution in [0.3, 0.4) is 0 Å². The van der Waals surface area contributed by atoms with Crippen molar-refractivity contribution in [1.29, 1.82) is 0 Å². The molecule has 2 N–H and O–H groups in total. The van der Waals surface area contributed by atoms with Gasteiger partial charge in [0, 0.05) is 17.6 Å². The zero-order valence-electron chi connectivity index (χ0n) is 15.2. The van der Waals surface area contributed by atoms with Gasteiger partial charge in [-0.2, -0.15) is 0 Å². The normalized spacial score (nSPS) is 12.9. The molecule has 0 saturated carbocycles. The van der Waals surface area contributed by atoms with E-state index in [0.717, 1.165) is 11.1 Å². The molecule has 0 aliphatic heterocycles. The molecule has 6 nitrogen and oxygen atoms in total. The van der Waals surface area contributed by atoms with Crippen molar-refractivity contribution in [3.8, 4) is 11.4 Å². The molecule has 0 radical (unpaired) electrons. The molecule has 0 bridgehead atoms. The van der Waals surface area contributed by atoms with Crippen LogP contribution in [0, 0.1) is 5.82 Å². The lowest BCUT2D eigenvalue weighted by Crippen LogP contribution is -2.43. The van der Waals surface area contributed by atoms with Gasteiger partial charge in [-0.15, -0.1) is 0 Å². The third-order valence-electron chi connectivity index (χ3n) is 4.44. The van der Waals surface area contributed by atoms with Gasteiger partial charge in [0.1, 0.15) is 5.82 Å². The summed E-state index contributed by atoms with van der Waals surface area (Å²) in [6, 6.07) is 15.5. The predicted octanol–water partition coefficient (Wildman–Crippen LogP) is 2.53. The molecule has 3 aromatic rings. The smallest absolute Gasteiger partial charge is 0.390 e. The fraction of sp³-hybridized carbons (Fsp3) is 0.300. The Morgan fingerprint density at radius 2 is 1.96 bits per heavy atom. The Balaban J connectivity index is 1.69. The van der Waals surface area contributed by atoms with Gasteiger partial charge in [-0.25, -0.2) is 9.18 Å². The van der Waals surface area contributed by atoms with E-state index in [1.165, 1.54) is 16.7 Å². The van der Waals surface area contributed by atoms with Gasteiger partial charge in [0.25, 0.3) is 0 Å². The number of nitrogens with one attached hydrogen (secondary N) is 1. The molecule has 0 aliphatic carbocycles. The summed E-state index contributed by atoms with van der Waals surface area (Å²) in [7, 11) is 0. The first-order valence-electron chi connectivity index (χ1n) is 8.68. The lowest BCUT2D eigenvalue weighted by molar-refractivity contribution is 0.137. The number of aromatic nitrogens is 2. The highest BCUT2D eigenvalue weighted by Gasteiger charge is 2.23. The van der Waals surface area contributed by atoms with Gasteiger partial charge in [-0.3, -0.25) is 9.09 Å². The van der Waals surface area contributed by atoms with Crippen LogP contribution >= 0.6 is 0 Å². The Morgan fingerprint density at radius 1 is 1.22 bits per heavy atom. The van der Waals surface area contributed by atoms with E-state index in [4.69, 9.17) is 4.52 Å². The molecule has 1 atom stereocenters. The van der Waals surface area contributed by atoms with Crippen molar-refractivity contribution in [3.05, 3.63) is 76.5 Å². The summed E-state index contributed by atoms with van der Waals surface area (Å²) in [5.41, 5.74) is 0.940. The molecular formula is C20H22FN3O3. The molecule has 0 saturated heterocycles. The first kappa shape index (κ1) is 19.0. The van der Waals surface area contributed by atoms with Gasteiger partial charge in [0.15, 0.2) is 5.82 Å². The number of hydrogen-bond donors (Lipinski definition) is 2. The highest BCUT2D eigenvalue weighted by Crippen LogP contribution is 2.21. The van der Waals surface area contributed by atoms with E-state index in [1.807, 2.05) is 50.2 Å². The van der Waals surface area contributed by atoms with Crippen molar-refractivity contribution in [1.82, 2.24) is 15.0 Å². The zero-order chi connectivity index (χ0) is 19.4. The Bertz CT molecular complexity index is 950. The number of aliphatic hydroxyl groups excluding tert-OH is 1. The molecule has 2 aromatic carbocycles. The van der Waals surface area contributed by atoms with Gasteiger partial charge in [-0.1, -0.05) is 47.6 Å². The Hall–Kier alpha value is -2.77. The van der Waals surface area contributed by atoms with Gasteiger partial charge < -0.3 is 10.4 Å². The van der Waals surface area contributed by atoms with E-state index in [1.54, 1.807) is 6.07 Å². The Kier molecular flexibility index (Phi) is 5.53. The van der Waals surface area contributed by atoms with Gasteiger partial charge in [-0.05, 0) is 31.5 Å². The molecule has 0 fully saturated rings. The predicted molar refractivity (Wildman–Crippen MR) is 99.6 cm³/mol. The molecule has 1 unspecified atom stereocenters. The number of hydrogen-bond acceptors (Lipinski definition) is 5. The minimum absolute atomic E-state index is 0.0266. The van der Waals surface area contributed by atoms with Crippen molar-refractivity contribution >= 4 is 0 Å². The van der Waals surface area contributed by atoms with Crippen LogP contribution in [0.4, 0.5) is 4.39 Å². The molecule has 27 heavy (non-hydrogen) atoms. The van der Waals surface area contributed by atoms with E-state index in [9.17, 15) is 14.3 Å². The standard InChI is InChI=1S/C20H22FN3O3/c1-20(2,15-9-6-10-16(21)11-15)22-12-17(25)13-24-18(23-27-19(24)26)14-7-4-3-5-8-14/h3-11,17,22,25H,12-13H2,1-2H3. The number of benzene rings is 2. The molecule has 0 amide bonds. The summed E-state index contributed by atoms with van der Waals surface area (Å²) in [4.78, 5) is 12.0. The maximum absolute atomic E-state index is 13.5. The second-order valence-corrected chi connectivity index (χ2v) is 6.92. The second-order valence-electron chi connectivity index (χ2n) is 6.92. The lowest BCUT2D eigenvalue weighted by Gasteiger charge is -2.28. The summed E-state index contributed by atoms with van der Waals surface area (Å²) < 4.78 is 19.5. The molecule has 0 aliphatic rings. The van der Waals surface area contributed by atoms with Crippen molar-refractivity contribution in [2.45, 2.75) is 32.0 Å². The molecule has 1 heterocycles. The van der Waals surface area contributed by atoms with E-state index >= 15 is 0 Å². The van der Waals surface area contributed by atoms with Crippen molar-refractivity contribution in [2.24, 2.45) is 0 Å². The van der Waals surface area contributed by atoms with Crippen molar-refractivity contribution in [2.75, 3.05) is 6.54 Å². The first-order chi connectivity index (χ1) is 12.9. The van der Waals surface area contributed by atoms with Gasteiger partial charge in [0.05, 0.1) is 12.6 Å². The molecular weight excluding hydrogens is 349 g/mol. The molecule has 3 rings (SSSR count). The average Bonchev–Trinajstić information content (AvgIpc) is 3.01. The van der Waals surface area contributed by atoms with Crippen LogP contribution in [-0.2, 0) is 12.1 Å². The van der Waals surface area contributed by atoms with Crippen LogP contribution in [0.2, 0.25) is 0 Å². The van der Waals surface area contributed by atoms with Crippen LogP contribution in [-0.4, -0.2) is 27.5 Å². The highest BCUT2D eigenvalue weighted by atomic mass is 19.1. The Labute approximate surface area is 156 Å². The van der Waals surface area contributed by atoms with Crippen molar-refractivity contribution < 1.29 is 14.0 Å². The van der Waals surface area contributed by atoms with Crippen LogP contribution in [0.5, 0.6) is 0 Å². The fourth-order valence-electron chi connectivity index (χ4n) is 2.85. The number of rotatable bonds is 7. The van der Waals surface area contributed by atoms with Crippen LogP contribution in [0.15, 0.2) is 63.9 Å². The largest absolute Gasteiger partial charge is 0.441 e. The molecule has 142 valence electrons. The first-order valence-corrected chi connectivity index (χ1v) is 8.68. The van der Waals surface area contributed by atoms with E-state index in [0.29, 0.717) is 5.82 Å². The maximum atomic E-state index is 13.5.